The molecule has 1 saturated carbocycles. The molecule has 1 fully saturated rings. The summed E-state index contributed by atoms with van der Waals surface area (Å²) in [6.45, 7) is 6.84. The normalized spacial score (nSPS) is 22.5. The first-order valence-electron chi connectivity index (χ1n) is 9.77. The fourth-order valence-electron chi connectivity index (χ4n) is 4.11. The summed E-state index contributed by atoms with van der Waals surface area (Å²) >= 11 is 0. The van der Waals surface area contributed by atoms with E-state index in [-0.39, 0.29) is 17.4 Å². The van der Waals surface area contributed by atoms with Crippen molar-refractivity contribution in [3.05, 3.63) is 47.8 Å². The molecule has 0 aliphatic heterocycles. The van der Waals surface area contributed by atoms with Crippen molar-refractivity contribution in [3.63, 3.8) is 0 Å². The molecule has 1 aromatic carbocycles. The van der Waals surface area contributed by atoms with Crippen LogP contribution in [0.15, 0.2) is 36.5 Å². The topological polar surface area (TPSA) is 46.9 Å². The maximum absolute atomic E-state index is 12.5. The van der Waals surface area contributed by atoms with Gasteiger partial charge in [0.1, 0.15) is 0 Å². The molecule has 0 bridgehead atoms. The number of carbonyl (C=O) groups excluding carboxylic acids is 1. The second-order valence-corrected chi connectivity index (χ2v) is 9.27. The molecule has 1 amide bonds. The highest BCUT2D eigenvalue weighted by Gasteiger charge is 2.38. The maximum atomic E-state index is 12.5. The van der Waals surface area contributed by atoms with Gasteiger partial charge in [-0.3, -0.25) is 4.79 Å². The molecule has 2 aliphatic carbocycles. The van der Waals surface area contributed by atoms with E-state index in [0.717, 1.165) is 24.9 Å². The lowest BCUT2D eigenvalue weighted by molar-refractivity contribution is -0.122. The third-order valence-corrected chi connectivity index (χ3v) is 6.07. The van der Waals surface area contributed by atoms with Crippen molar-refractivity contribution in [1.29, 1.82) is 0 Å². The van der Waals surface area contributed by atoms with Crippen molar-refractivity contribution in [2.45, 2.75) is 65.3 Å². The number of benzene rings is 1. The number of rotatable bonds is 5. The van der Waals surface area contributed by atoms with Gasteiger partial charge in [-0.2, -0.15) is 5.10 Å². The number of aromatic nitrogens is 2. The molecule has 1 heterocycles. The van der Waals surface area contributed by atoms with Gasteiger partial charge in [0, 0.05) is 12.0 Å². The average Bonchev–Trinajstić information content (AvgIpc) is 3.19. The first-order valence-corrected chi connectivity index (χ1v) is 9.77. The Hall–Kier alpha value is -2.10. The van der Waals surface area contributed by atoms with Gasteiger partial charge in [-0.05, 0) is 55.1 Å². The quantitative estimate of drug-likeness (QED) is 0.857. The molecule has 0 spiro atoms. The lowest BCUT2D eigenvalue weighted by atomic mass is 9.74. The zero-order valence-electron chi connectivity index (χ0n) is 16.1. The summed E-state index contributed by atoms with van der Waals surface area (Å²) in [5, 5.41) is 7.96. The number of para-hydroxylation sites is 1. The number of hydrogen-bond acceptors (Lipinski definition) is 2. The molecule has 0 unspecified atom stereocenters. The van der Waals surface area contributed by atoms with Crippen molar-refractivity contribution in [3.8, 4) is 5.69 Å². The summed E-state index contributed by atoms with van der Waals surface area (Å²) in [4.78, 5) is 12.5. The fraction of sp³-hybridized carbons (Fsp3) is 0.545. The minimum absolute atomic E-state index is 0.0609. The number of hydrogen-bond donors (Lipinski definition) is 1. The summed E-state index contributed by atoms with van der Waals surface area (Å²) in [6, 6.07) is 10.3. The minimum Gasteiger partial charge on any atom is -0.349 e. The van der Waals surface area contributed by atoms with Crippen molar-refractivity contribution in [2.75, 3.05) is 0 Å². The van der Waals surface area contributed by atoms with E-state index in [2.05, 4.69) is 43.3 Å². The average molecular weight is 351 g/mol. The first kappa shape index (κ1) is 17.3. The highest BCUT2D eigenvalue weighted by atomic mass is 16.1. The fourth-order valence-corrected chi connectivity index (χ4v) is 4.11. The monoisotopic (exact) mass is 351 g/mol. The van der Waals surface area contributed by atoms with Gasteiger partial charge >= 0.3 is 0 Å². The standard InChI is InChI=1S/C22H29N3O/c1-21(2)13-18(24-20(26)9-10-22(3)11-12-22)17-15-23-25(19(17)14-21)16-7-5-4-6-8-16/h4-8,15,18H,9-14H2,1-3H3,(H,24,26)/t18-/m1/s1. The van der Waals surface area contributed by atoms with Crippen LogP contribution in [0.5, 0.6) is 0 Å². The molecule has 4 nitrogen and oxygen atoms in total. The molecule has 138 valence electrons. The van der Waals surface area contributed by atoms with Gasteiger partial charge in [-0.1, -0.05) is 39.0 Å². The molecule has 2 aliphatic rings. The van der Waals surface area contributed by atoms with Crippen LogP contribution in [-0.4, -0.2) is 15.7 Å². The number of carbonyl (C=O) groups is 1. The van der Waals surface area contributed by atoms with Crippen LogP contribution in [-0.2, 0) is 11.2 Å². The Labute approximate surface area is 156 Å². The minimum atomic E-state index is 0.0609. The Morgan fingerprint density at radius 1 is 1.23 bits per heavy atom. The van der Waals surface area contributed by atoms with Crippen LogP contribution in [0.4, 0.5) is 0 Å². The molecular weight excluding hydrogens is 322 g/mol. The van der Waals surface area contributed by atoms with Crippen LogP contribution in [0.1, 0.15) is 70.2 Å². The van der Waals surface area contributed by atoms with Crippen LogP contribution in [0.3, 0.4) is 0 Å². The first-order chi connectivity index (χ1) is 12.4. The molecule has 26 heavy (non-hydrogen) atoms. The van der Waals surface area contributed by atoms with E-state index in [1.54, 1.807) is 0 Å². The van der Waals surface area contributed by atoms with Gasteiger partial charge in [0.25, 0.3) is 0 Å². The SMILES string of the molecule is CC1(C)Cc2c(cnn2-c2ccccc2)[C@H](NC(=O)CCC2(C)CC2)C1. The predicted molar refractivity (Wildman–Crippen MR) is 103 cm³/mol. The van der Waals surface area contributed by atoms with Gasteiger partial charge in [0.15, 0.2) is 0 Å². The zero-order valence-corrected chi connectivity index (χ0v) is 16.1. The second-order valence-electron chi connectivity index (χ2n) is 9.27. The molecule has 1 N–H and O–H groups in total. The highest BCUT2D eigenvalue weighted by Crippen LogP contribution is 2.49. The summed E-state index contributed by atoms with van der Waals surface area (Å²) < 4.78 is 2.04. The van der Waals surface area contributed by atoms with E-state index >= 15 is 0 Å². The molecule has 0 saturated heterocycles. The van der Waals surface area contributed by atoms with Crippen molar-refractivity contribution in [2.24, 2.45) is 10.8 Å². The van der Waals surface area contributed by atoms with Gasteiger partial charge in [-0.15, -0.1) is 0 Å². The van der Waals surface area contributed by atoms with Crippen molar-refractivity contribution >= 4 is 5.91 Å². The van der Waals surface area contributed by atoms with Crippen LogP contribution in [0.2, 0.25) is 0 Å². The highest BCUT2D eigenvalue weighted by molar-refractivity contribution is 5.76. The summed E-state index contributed by atoms with van der Waals surface area (Å²) in [6.07, 6.45) is 8.06. The predicted octanol–water partition coefficient (Wildman–Crippen LogP) is 4.58. The third-order valence-electron chi connectivity index (χ3n) is 6.07. The lowest BCUT2D eigenvalue weighted by Crippen LogP contribution is -2.36. The Bertz CT molecular complexity index is 802. The van der Waals surface area contributed by atoms with Gasteiger partial charge in [0.05, 0.1) is 23.6 Å². The van der Waals surface area contributed by atoms with E-state index in [4.69, 9.17) is 0 Å². The molecule has 4 heteroatoms. The molecule has 0 radical (unpaired) electrons. The molecule has 2 aromatic rings. The van der Waals surface area contributed by atoms with E-state index in [0.29, 0.717) is 11.8 Å². The second kappa shape index (κ2) is 6.26. The lowest BCUT2D eigenvalue weighted by Gasteiger charge is -2.36. The van der Waals surface area contributed by atoms with E-state index in [1.807, 2.05) is 29.1 Å². The Morgan fingerprint density at radius 3 is 2.65 bits per heavy atom. The largest absolute Gasteiger partial charge is 0.349 e. The van der Waals surface area contributed by atoms with Crippen LogP contribution in [0, 0.1) is 10.8 Å². The Balaban J connectivity index is 1.56. The molecule has 1 atom stereocenters. The van der Waals surface area contributed by atoms with Crippen molar-refractivity contribution in [1.82, 2.24) is 15.1 Å². The number of nitrogens with zero attached hydrogens (tertiary/aromatic N) is 2. The van der Waals surface area contributed by atoms with Crippen molar-refractivity contribution < 1.29 is 4.79 Å². The smallest absolute Gasteiger partial charge is 0.220 e. The van der Waals surface area contributed by atoms with Gasteiger partial charge in [0.2, 0.25) is 5.91 Å². The maximum Gasteiger partial charge on any atom is 0.220 e. The molecule has 1 aromatic heterocycles. The van der Waals surface area contributed by atoms with Crippen LogP contribution < -0.4 is 5.32 Å². The van der Waals surface area contributed by atoms with Crippen LogP contribution >= 0.6 is 0 Å². The van der Waals surface area contributed by atoms with E-state index < -0.39 is 0 Å². The van der Waals surface area contributed by atoms with E-state index in [9.17, 15) is 4.79 Å². The van der Waals surface area contributed by atoms with Crippen LogP contribution in [0.25, 0.3) is 5.69 Å². The van der Waals surface area contributed by atoms with Gasteiger partial charge < -0.3 is 5.32 Å². The third kappa shape index (κ3) is 3.55. The molecular formula is C22H29N3O. The number of nitrogens with one attached hydrogen (secondary N) is 1. The summed E-state index contributed by atoms with van der Waals surface area (Å²) in [5.41, 5.74) is 4.05. The number of amides is 1. The Kier molecular flexibility index (Phi) is 4.17. The summed E-state index contributed by atoms with van der Waals surface area (Å²) in [7, 11) is 0. The van der Waals surface area contributed by atoms with Gasteiger partial charge in [-0.25, -0.2) is 4.68 Å². The number of fused-ring (bicyclic) bond motifs is 1. The Morgan fingerprint density at radius 2 is 1.96 bits per heavy atom. The molecule has 4 rings (SSSR count). The van der Waals surface area contributed by atoms with E-state index in [1.165, 1.54) is 24.1 Å². The zero-order chi connectivity index (χ0) is 18.4. The summed E-state index contributed by atoms with van der Waals surface area (Å²) in [5.74, 6) is 0.180.